The molecule has 0 saturated heterocycles. The molecule has 1 N–H and O–H groups in total. The lowest BCUT2D eigenvalue weighted by Gasteiger charge is -2.08. The highest BCUT2D eigenvalue weighted by Crippen LogP contribution is 2.33. The van der Waals surface area contributed by atoms with E-state index in [9.17, 15) is 0 Å². The highest BCUT2D eigenvalue weighted by molar-refractivity contribution is 5.57. The molecular weight excluding hydrogens is 248 g/mol. The van der Waals surface area contributed by atoms with Crippen LogP contribution in [0.15, 0.2) is 42.6 Å². The number of aryl methyl sites for hydroxylation is 1. The molecule has 4 nitrogen and oxygen atoms in total. The number of hydrogen-bond donors (Lipinski definition) is 1. The third-order valence-corrected chi connectivity index (χ3v) is 4.00. The van der Waals surface area contributed by atoms with Crippen LogP contribution in [0, 0.1) is 6.92 Å². The lowest BCUT2D eigenvalue weighted by Crippen LogP contribution is -2.08. The maximum atomic E-state index is 4.36. The van der Waals surface area contributed by atoms with Crippen LogP contribution in [0.4, 0.5) is 5.69 Å². The molecule has 1 aliphatic heterocycles. The number of nitrogens with zero attached hydrogens (tertiary/aromatic N) is 3. The summed E-state index contributed by atoms with van der Waals surface area (Å²) in [6.45, 7) is 3.05. The van der Waals surface area contributed by atoms with Gasteiger partial charge in [-0.15, -0.1) is 10.2 Å². The van der Waals surface area contributed by atoms with Crippen molar-refractivity contribution in [1.82, 2.24) is 14.6 Å². The van der Waals surface area contributed by atoms with Crippen molar-refractivity contribution in [3.05, 3.63) is 59.5 Å². The average molecular weight is 264 g/mol. The smallest absolute Gasteiger partial charge is 0.161 e. The molecule has 4 heteroatoms. The van der Waals surface area contributed by atoms with Crippen molar-refractivity contribution >= 4 is 11.3 Å². The number of aromatic nitrogens is 3. The number of hydrogen-bond acceptors (Lipinski definition) is 3. The number of pyridine rings is 1. The van der Waals surface area contributed by atoms with Crippen molar-refractivity contribution in [3.8, 4) is 0 Å². The minimum Gasteiger partial charge on any atom is -0.384 e. The number of nitrogens with one attached hydrogen (secondary N) is 1. The molecule has 0 spiro atoms. The summed E-state index contributed by atoms with van der Waals surface area (Å²) in [6.07, 6.45) is 2.97. The Morgan fingerprint density at radius 2 is 2.15 bits per heavy atom. The molecule has 1 atom stereocenters. The van der Waals surface area contributed by atoms with Crippen LogP contribution >= 0.6 is 0 Å². The molecule has 3 heterocycles. The zero-order chi connectivity index (χ0) is 13.5. The third-order valence-electron chi connectivity index (χ3n) is 4.00. The molecule has 20 heavy (non-hydrogen) atoms. The first-order valence-electron chi connectivity index (χ1n) is 6.94. The molecular formula is C16H16N4. The van der Waals surface area contributed by atoms with Gasteiger partial charge in [-0.2, -0.15) is 0 Å². The van der Waals surface area contributed by atoms with Crippen LogP contribution in [-0.4, -0.2) is 21.1 Å². The van der Waals surface area contributed by atoms with Gasteiger partial charge in [0.15, 0.2) is 5.65 Å². The fourth-order valence-electron chi connectivity index (χ4n) is 2.94. The van der Waals surface area contributed by atoms with Gasteiger partial charge in [0, 0.05) is 30.8 Å². The Hall–Kier alpha value is -2.36. The highest BCUT2D eigenvalue weighted by atomic mass is 15.2. The average Bonchev–Trinajstić information content (AvgIpc) is 3.04. The second-order valence-corrected chi connectivity index (χ2v) is 5.42. The SMILES string of the molecule is Cc1ccn2c(CC3CNc4ccccc43)nnc2c1. The topological polar surface area (TPSA) is 42.2 Å². The zero-order valence-corrected chi connectivity index (χ0v) is 11.4. The Morgan fingerprint density at radius 3 is 3.10 bits per heavy atom. The Labute approximate surface area is 117 Å². The van der Waals surface area contributed by atoms with Crippen LogP contribution < -0.4 is 5.32 Å². The summed E-state index contributed by atoms with van der Waals surface area (Å²) in [5.74, 6) is 1.50. The van der Waals surface area contributed by atoms with Gasteiger partial charge in [0.1, 0.15) is 5.82 Å². The van der Waals surface area contributed by atoms with Gasteiger partial charge in [0.25, 0.3) is 0 Å². The third kappa shape index (κ3) is 1.76. The van der Waals surface area contributed by atoms with Crippen molar-refractivity contribution in [2.75, 3.05) is 11.9 Å². The van der Waals surface area contributed by atoms with Crippen molar-refractivity contribution < 1.29 is 0 Å². The number of rotatable bonds is 2. The first-order valence-corrected chi connectivity index (χ1v) is 6.94. The van der Waals surface area contributed by atoms with E-state index in [0.717, 1.165) is 24.4 Å². The largest absolute Gasteiger partial charge is 0.384 e. The number of anilines is 1. The van der Waals surface area contributed by atoms with Crippen molar-refractivity contribution in [2.24, 2.45) is 0 Å². The van der Waals surface area contributed by atoms with Crippen molar-refractivity contribution in [1.29, 1.82) is 0 Å². The van der Waals surface area contributed by atoms with Crippen LogP contribution in [0.3, 0.4) is 0 Å². The number of benzene rings is 1. The first kappa shape index (κ1) is 11.5. The summed E-state index contributed by atoms with van der Waals surface area (Å²) < 4.78 is 2.09. The molecule has 100 valence electrons. The van der Waals surface area contributed by atoms with E-state index in [-0.39, 0.29) is 0 Å². The van der Waals surface area contributed by atoms with Gasteiger partial charge < -0.3 is 5.32 Å². The van der Waals surface area contributed by atoms with Gasteiger partial charge in [-0.3, -0.25) is 4.40 Å². The van der Waals surface area contributed by atoms with Gasteiger partial charge in [-0.05, 0) is 36.2 Å². The van der Waals surface area contributed by atoms with Crippen molar-refractivity contribution in [3.63, 3.8) is 0 Å². The van der Waals surface area contributed by atoms with E-state index in [0.29, 0.717) is 5.92 Å². The van der Waals surface area contributed by atoms with Gasteiger partial charge in [-0.25, -0.2) is 0 Å². The molecule has 2 aromatic heterocycles. The van der Waals surface area contributed by atoms with Crippen LogP contribution in [-0.2, 0) is 6.42 Å². The predicted molar refractivity (Wildman–Crippen MR) is 79.1 cm³/mol. The number of para-hydroxylation sites is 1. The minimum absolute atomic E-state index is 0.472. The second kappa shape index (κ2) is 4.34. The predicted octanol–water partition coefficient (Wildman–Crippen LogP) is 2.79. The van der Waals surface area contributed by atoms with Crippen molar-refractivity contribution in [2.45, 2.75) is 19.3 Å². The van der Waals surface area contributed by atoms with Crippen LogP contribution in [0.2, 0.25) is 0 Å². The van der Waals surface area contributed by atoms with Gasteiger partial charge in [-0.1, -0.05) is 18.2 Å². The van der Waals surface area contributed by atoms with E-state index in [1.54, 1.807) is 0 Å². The van der Waals surface area contributed by atoms with E-state index in [1.807, 2.05) is 0 Å². The van der Waals surface area contributed by atoms with Gasteiger partial charge >= 0.3 is 0 Å². The second-order valence-electron chi connectivity index (χ2n) is 5.42. The summed E-state index contributed by atoms with van der Waals surface area (Å²) in [5.41, 5.74) is 4.78. The molecule has 1 aromatic carbocycles. The highest BCUT2D eigenvalue weighted by Gasteiger charge is 2.23. The quantitative estimate of drug-likeness (QED) is 0.774. The van der Waals surface area contributed by atoms with Crippen LogP contribution in [0.1, 0.15) is 22.9 Å². The van der Waals surface area contributed by atoms with Gasteiger partial charge in [0.2, 0.25) is 0 Å². The Morgan fingerprint density at radius 1 is 1.25 bits per heavy atom. The van der Waals surface area contributed by atoms with E-state index >= 15 is 0 Å². The lowest BCUT2D eigenvalue weighted by atomic mass is 9.98. The molecule has 0 amide bonds. The maximum Gasteiger partial charge on any atom is 0.161 e. The zero-order valence-electron chi connectivity index (χ0n) is 11.4. The summed E-state index contributed by atoms with van der Waals surface area (Å²) in [4.78, 5) is 0. The molecule has 1 aliphatic rings. The van der Waals surface area contributed by atoms with E-state index in [2.05, 4.69) is 69.4 Å². The van der Waals surface area contributed by atoms with Crippen LogP contribution in [0.5, 0.6) is 0 Å². The fourth-order valence-corrected chi connectivity index (χ4v) is 2.94. The molecule has 1 unspecified atom stereocenters. The van der Waals surface area contributed by atoms with E-state index in [4.69, 9.17) is 0 Å². The molecule has 4 rings (SSSR count). The summed E-state index contributed by atoms with van der Waals surface area (Å²) in [5, 5.41) is 12.1. The molecule has 0 fully saturated rings. The number of fused-ring (bicyclic) bond motifs is 2. The fraction of sp³-hybridized carbons (Fsp3) is 0.250. The Bertz CT molecular complexity index is 775. The Balaban J connectivity index is 1.69. The normalized spacial score (nSPS) is 17.1. The molecule has 0 radical (unpaired) electrons. The van der Waals surface area contributed by atoms with Crippen LogP contribution in [0.25, 0.3) is 5.65 Å². The monoisotopic (exact) mass is 264 g/mol. The maximum absolute atomic E-state index is 4.36. The lowest BCUT2D eigenvalue weighted by molar-refractivity contribution is 0.705. The van der Waals surface area contributed by atoms with E-state index in [1.165, 1.54) is 16.8 Å². The minimum atomic E-state index is 0.472. The molecule has 0 saturated carbocycles. The first-order chi connectivity index (χ1) is 9.81. The Kier molecular flexibility index (Phi) is 2.49. The summed E-state index contributed by atoms with van der Waals surface area (Å²) in [6, 6.07) is 12.7. The summed E-state index contributed by atoms with van der Waals surface area (Å²) >= 11 is 0. The van der Waals surface area contributed by atoms with E-state index < -0.39 is 0 Å². The molecule has 0 aliphatic carbocycles. The standard InChI is InChI=1S/C16H16N4/c1-11-6-7-20-15(8-11)18-19-16(20)9-12-10-17-14-5-3-2-4-13(12)14/h2-8,12,17H,9-10H2,1H3. The summed E-state index contributed by atoms with van der Waals surface area (Å²) in [7, 11) is 0. The molecule has 3 aromatic rings. The molecule has 0 bridgehead atoms. The van der Waals surface area contributed by atoms with Gasteiger partial charge in [0.05, 0.1) is 0 Å².